The van der Waals surface area contributed by atoms with Gasteiger partial charge in [-0.15, -0.1) is 0 Å². The quantitative estimate of drug-likeness (QED) is 0.484. The van der Waals surface area contributed by atoms with Gasteiger partial charge in [-0.2, -0.15) is 0 Å². The summed E-state index contributed by atoms with van der Waals surface area (Å²) in [6.45, 7) is 11.8. The van der Waals surface area contributed by atoms with E-state index in [0.29, 0.717) is 18.9 Å². The summed E-state index contributed by atoms with van der Waals surface area (Å²) in [4.78, 5) is 12.2. The molecule has 0 spiro atoms. The van der Waals surface area contributed by atoms with Gasteiger partial charge in [-0.25, -0.2) is 0 Å². The lowest BCUT2D eigenvalue weighted by Gasteiger charge is -2.29. The Morgan fingerprint density at radius 2 is 1.81 bits per heavy atom. The SMILES string of the molecule is CC(C)C[C@H](Br)C(=O)O[C@@H]1[C@H]2OC(C)(C)O[C@H]2O[C@@H]1[C@H]1COC(C)(C)O1. The Hall–Kier alpha value is -0.250. The highest BCUT2D eigenvalue weighted by molar-refractivity contribution is 9.10. The summed E-state index contributed by atoms with van der Waals surface area (Å²) in [7, 11) is 0. The Kier molecular flexibility index (Phi) is 5.75. The van der Waals surface area contributed by atoms with Gasteiger partial charge in [0, 0.05) is 0 Å². The first-order valence-electron chi connectivity index (χ1n) is 9.15. The molecule has 6 atom stereocenters. The number of hydrogen-bond acceptors (Lipinski definition) is 7. The number of alkyl halides is 1. The summed E-state index contributed by atoms with van der Waals surface area (Å²) in [5.41, 5.74) is 0. The third-order valence-corrected chi connectivity index (χ3v) is 5.36. The standard InChI is InChI=1S/C18H29BrO7/c1-9(2)7-10(19)15(20)22-13-12(11-8-21-17(3,4)24-11)23-16-14(13)25-18(5,6)26-16/h9-14,16H,7-8H2,1-6H3/t10-,11+,12+,13-,14+,16+/m0/s1. The monoisotopic (exact) mass is 436 g/mol. The number of carbonyl (C=O) groups excluding carboxylic acids is 1. The van der Waals surface area contributed by atoms with Crippen molar-refractivity contribution in [2.75, 3.05) is 6.61 Å². The molecular formula is C18H29BrO7. The van der Waals surface area contributed by atoms with Crippen molar-refractivity contribution in [1.29, 1.82) is 0 Å². The predicted molar refractivity (Wildman–Crippen MR) is 95.7 cm³/mol. The molecule has 3 fully saturated rings. The molecular weight excluding hydrogens is 408 g/mol. The van der Waals surface area contributed by atoms with E-state index in [1.165, 1.54) is 0 Å². The van der Waals surface area contributed by atoms with Gasteiger partial charge >= 0.3 is 5.97 Å². The molecule has 3 aliphatic rings. The Bertz CT molecular complexity index is 536. The van der Waals surface area contributed by atoms with E-state index in [2.05, 4.69) is 29.8 Å². The highest BCUT2D eigenvalue weighted by atomic mass is 79.9. The van der Waals surface area contributed by atoms with Crippen LogP contribution in [0.3, 0.4) is 0 Å². The molecule has 3 rings (SSSR count). The second-order valence-corrected chi connectivity index (χ2v) is 9.54. The molecule has 0 bridgehead atoms. The molecule has 3 aliphatic heterocycles. The lowest BCUT2D eigenvalue weighted by Crippen LogP contribution is -2.46. The van der Waals surface area contributed by atoms with Gasteiger partial charge < -0.3 is 28.4 Å². The van der Waals surface area contributed by atoms with Crippen molar-refractivity contribution in [3.63, 3.8) is 0 Å². The molecule has 0 N–H and O–H groups in total. The Morgan fingerprint density at radius 3 is 2.38 bits per heavy atom. The Morgan fingerprint density at radius 1 is 1.12 bits per heavy atom. The summed E-state index contributed by atoms with van der Waals surface area (Å²) in [5, 5.41) is 0. The summed E-state index contributed by atoms with van der Waals surface area (Å²) < 4.78 is 35.2. The number of fused-ring (bicyclic) bond motifs is 1. The minimum absolute atomic E-state index is 0.329. The Labute approximate surface area is 163 Å². The van der Waals surface area contributed by atoms with Crippen LogP contribution >= 0.6 is 15.9 Å². The number of hydrogen-bond donors (Lipinski definition) is 0. The summed E-state index contributed by atoms with van der Waals surface area (Å²) >= 11 is 3.42. The van der Waals surface area contributed by atoms with Crippen molar-refractivity contribution in [1.82, 2.24) is 0 Å². The third-order valence-electron chi connectivity index (χ3n) is 4.61. The highest BCUT2D eigenvalue weighted by Gasteiger charge is 2.60. The van der Waals surface area contributed by atoms with Gasteiger partial charge in [-0.05, 0) is 40.0 Å². The molecule has 0 aromatic carbocycles. The highest BCUT2D eigenvalue weighted by Crippen LogP contribution is 2.42. The molecule has 0 aliphatic carbocycles. The predicted octanol–water partition coefficient (Wildman–Crippen LogP) is 2.74. The fraction of sp³-hybridized carbons (Fsp3) is 0.944. The maximum atomic E-state index is 12.6. The molecule has 8 heteroatoms. The molecule has 0 unspecified atom stereocenters. The number of ether oxygens (including phenoxy) is 6. The minimum atomic E-state index is -0.789. The minimum Gasteiger partial charge on any atom is -0.456 e. The zero-order valence-corrected chi connectivity index (χ0v) is 17.8. The third kappa shape index (κ3) is 4.42. The fourth-order valence-corrected chi connectivity index (χ4v) is 4.39. The summed E-state index contributed by atoms with van der Waals surface area (Å²) in [6.07, 6.45) is -1.90. The fourth-order valence-electron chi connectivity index (χ4n) is 3.53. The van der Waals surface area contributed by atoms with Gasteiger partial charge in [-0.3, -0.25) is 4.79 Å². The van der Waals surface area contributed by atoms with Crippen LogP contribution in [-0.2, 0) is 33.2 Å². The van der Waals surface area contributed by atoms with E-state index in [0.717, 1.165) is 0 Å². The van der Waals surface area contributed by atoms with E-state index in [1.54, 1.807) is 0 Å². The first-order chi connectivity index (χ1) is 12.0. The maximum absolute atomic E-state index is 12.6. The molecule has 7 nitrogen and oxygen atoms in total. The van der Waals surface area contributed by atoms with Crippen LogP contribution in [0.25, 0.3) is 0 Å². The zero-order chi connectivity index (χ0) is 19.3. The molecule has 0 aromatic heterocycles. The van der Waals surface area contributed by atoms with Gasteiger partial charge in [0.25, 0.3) is 0 Å². The zero-order valence-electron chi connectivity index (χ0n) is 16.2. The normalized spacial score (nSPS) is 39.2. The first kappa shape index (κ1) is 20.5. The second-order valence-electron chi connectivity index (χ2n) is 8.43. The van der Waals surface area contributed by atoms with Gasteiger partial charge in [0.15, 0.2) is 30.1 Å². The molecule has 26 heavy (non-hydrogen) atoms. The maximum Gasteiger partial charge on any atom is 0.320 e. The van der Waals surface area contributed by atoms with Crippen molar-refractivity contribution in [3.05, 3.63) is 0 Å². The summed E-state index contributed by atoms with van der Waals surface area (Å²) in [5.74, 6) is -1.45. The number of carbonyl (C=O) groups is 1. The van der Waals surface area contributed by atoms with Crippen LogP contribution in [0.15, 0.2) is 0 Å². The molecule has 150 valence electrons. The number of halogens is 1. The van der Waals surface area contributed by atoms with Crippen LogP contribution < -0.4 is 0 Å². The van der Waals surface area contributed by atoms with Gasteiger partial charge in [-0.1, -0.05) is 29.8 Å². The van der Waals surface area contributed by atoms with E-state index in [1.807, 2.05) is 27.7 Å². The van der Waals surface area contributed by atoms with E-state index in [9.17, 15) is 4.79 Å². The second kappa shape index (κ2) is 7.29. The average molecular weight is 437 g/mol. The molecule has 0 aromatic rings. The van der Waals surface area contributed by atoms with Crippen LogP contribution in [0.2, 0.25) is 0 Å². The van der Waals surface area contributed by atoms with Crippen LogP contribution in [-0.4, -0.2) is 59.7 Å². The smallest absolute Gasteiger partial charge is 0.320 e. The number of esters is 1. The lowest BCUT2D eigenvalue weighted by molar-refractivity contribution is -0.235. The van der Waals surface area contributed by atoms with Crippen molar-refractivity contribution in [2.24, 2.45) is 5.92 Å². The van der Waals surface area contributed by atoms with E-state index in [-0.39, 0.29) is 16.9 Å². The van der Waals surface area contributed by atoms with Crippen LogP contribution in [0, 0.1) is 5.92 Å². The van der Waals surface area contributed by atoms with E-state index >= 15 is 0 Å². The van der Waals surface area contributed by atoms with Crippen molar-refractivity contribution in [2.45, 2.75) is 95.1 Å². The lowest BCUT2D eigenvalue weighted by atomic mass is 10.1. The molecule has 0 saturated carbocycles. The largest absolute Gasteiger partial charge is 0.456 e. The van der Waals surface area contributed by atoms with E-state index in [4.69, 9.17) is 28.4 Å². The van der Waals surface area contributed by atoms with Gasteiger partial charge in [0.1, 0.15) is 17.0 Å². The van der Waals surface area contributed by atoms with Crippen LogP contribution in [0.1, 0.15) is 48.0 Å². The first-order valence-corrected chi connectivity index (χ1v) is 10.1. The van der Waals surface area contributed by atoms with Crippen LogP contribution in [0.4, 0.5) is 0 Å². The molecule has 0 amide bonds. The Balaban J connectivity index is 1.73. The van der Waals surface area contributed by atoms with Crippen molar-refractivity contribution in [3.8, 4) is 0 Å². The van der Waals surface area contributed by atoms with Gasteiger partial charge in [0.05, 0.1) is 6.61 Å². The van der Waals surface area contributed by atoms with E-state index < -0.39 is 36.2 Å². The topological polar surface area (TPSA) is 72.5 Å². The van der Waals surface area contributed by atoms with Crippen LogP contribution in [0.5, 0.6) is 0 Å². The molecule has 0 radical (unpaired) electrons. The van der Waals surface area contributed by atoms with Crippen molar-refractivity contribution >= 4 is 21.9 Å². The van der Waals surface area contributed by atoms with Gasteiger partial charge in [0.2, 0.25) is 0 Å². The number of rotatable bonds is 5. The molecule has 3 heterocycles. The van der Waals surface area contributed by atoms with Crippen molar-refractivity contribution < 1.29 is 33.2 Å². The summed E-state index contributed by atoms with van der Waals surface area (Å²) in [6, 6.07) is 0. The average Bonchev–Trinajstić information content (AvgIpc) is 3.09. The molecule has 3 saturated heterocycles.